The van der Waals surface area contributed by atoms with E-state index in [1.165, 1.54) is 18.5 Å². The maximum absolute atomic E-state index is 12.6. The monoisotopic (exact) mass is 359 g/mol. The van der Waals surface area contributed by atoms with Gasteiger partial charge in [-0.2, -0.15) is 0 Å². The van der Waals surface area contributed by atoms with Gasteiger partial charge in [0.2, 0.25) is 0 Å². The molecule has 2 heterocycles. The number of hydrogen-bond acceptors (Lipinski definition) is 4. The number of benzene rings is 1. The molecule has 2 aromatic heterocycles. The fraction of sp³-hybridized carbons (Fsp3) is 0.176. The zero-order valence-electron chi connectivity index (χ0n) is 12.6. The van der Waals surface area contributed by atoms with Crippen LogP contribution in [0.1, 0.15) is 24.3 Å². The molecular formula is C17H14ClN3O2S. The first kappa shape index (κ1) is 15.4. The van der Waals surface area contributed by atoms with Crippen LogP contribution >= 0.6 is 11.6 Å². The zero-order valence-corrected chi connectivity index (χ0v) is 14.2. The molecule has 0 aliphatic heterocycles. The van der Waals surface area contributed by atoms with E-state index in [1.54, 1.807) is 12.3 Å². The van der Waals surface area contributed by atoms with Crippen molar-refractivity contribution in [3.8, 4) is 0 Å². The molecule has 122 valence electrons. The van der Waals surface area contributed by atoms with Crippen molar-refractivity contribution in [2.45, 2.75) is 23.7 Å². The number of fused-ring (bicyclic) bond motifs is 1. The molecule has 0 saturated heterocycles. The molecule has 4 rings (SSSR count). The lowest BCUT2D eigenvalue weighted by Gasteiger charge is -2.14. The van der Waals surface area contributed by atoms with Crippen LogP contribution in [0.5, 0.6) is 0 Å². The minimum atomic E-state index is -3.73. The number of pyridine rings is 2. The average Bonchev–Trinajstić information content (AvgIpc) is 3.40. The van der Waals surface area contributed by atoms with Crippen molar-refractivity contribution < 1.29 is 8.42 Å². The van der Waals surface area contributed by atoms with Crippen LogP contribution < -0.4 is 4.72 Å². The normalized spacial score (nSPS) is 14.7. The SMILES string of the molecule is O=S(=O)(Nc1ncc2ccc(Cl)cc2c1C1CC1)c1cccnc1. The molecule has 0 amide bonds. The Morgan fingerprint density at radius 1 is 1.17 bits per heavy atom. The van der Waals surface area contributed by atoms with Gasteiger partial charge in [0.05, 0.1) is 0 Å². The summed E-state index contributed by atoms with van der Waals surface area (Å²) in [6.07, 6.45) is 6.56. The number of halogens is 1. The highest BCUT2D eigenvalue weighted by Crippen LogP contribution is 2.46. The Morgan fingerprint density at radius 2 is 2.00 bits per heavy atom. The van der Waals surface area contributed by atoms with Crippen LogP contribution in [-0.4, -0.2) is 18.4 Å². The minimum absolute atomic E-state index is 0.111. The summed E-state index contributed by atoms with van der Waals surface area (Å²) in [6, 6.07) is 8.67. The first-order valence-electron chi connectivity index (χ1n) is 7.55. The molecule has 1 aliphatic carbocycles. The smallest absolute Gasteiger partial charge is 0.263 e. The van der Waals surface area contributed by atoms with Crippen LogP contribution in [0, 0.1) is 0 Å². The lowest BCUT2D eigenvalue weighted by atomic mass is 10.0. The molecule has 0 unspecified atom stereocenters. The van der Waals surface area contributed by atoms with Gasteiger partial charge in [0.25, 0.3) is 10.0 Å². The Morgan fingerprint density at radius 3 is 2.71 bits per heavy atom. The highest BCUT2D eigenvalue weighted by molar-refractivity contribution is 7.92. The van der Waals surface area contributed by atoms with Gasteiger partial charge in [-0.1, -0.05) is 17.7 Å². The van der Waals surface area contributed by atoms with Gasteiger partial charge in [-0.05, 0) is 48.4 Å². The molecule has 5 nitrogen and oxygen atoms in total. The van der Waals surface area contributed by atoms with E-state index in [4.69, 9.17) is 11.6 Å². The second kappa shape index (κ2) is 5.72. The molecule has 24 heavy (non-hydrogen) atoms. The highest BCUT2D eigenvalue weighted by Gasteiger charge is 2.30. The van der Waals surface area contributed by atoms with Gasteiger partial charge in [0, 0.05) is 34.6 Å². The zero-order chi connectivity index (χ0) is 16.7. The first-order chi connectivity index (χ1) is 11.5. The first-order valence-corrected chi connectivity index (χ1v) is 9.42. The molecule has 0 spiro atoms. The molecule has 1 fully saturated rings. The summed E-state index contributed by atoms with van der Waals surface area (Å²) in [5, 5.41) is 2.52. The second-order valence-corrected chi connectivity index (χ2v) is 7.94. The molecule has 0 bridgehead atoms. The summed E-state index contributed by atoms with van der Waals surface area (Å²) < 4.78 is 27.8. The molecule has 1 aromatic carbocycles. The Kier molecular flexibility index (Phi) is 3.66. The molecule has 0 atom stereocenters. The third-order valence-corrected chi connectivity index (χ3v) is 5.61. The summed E-state index contributed by atoms with van der Waals surface area (Å²) in [6.45, 7) is 0. The molecule has 0 radical (unpaired) electrons. The van der Waals surface area contributed by atoms with E-state index in [2.05, 4.69) is 14.7 Å². The third-order valence-electron chi connectivity index (χ3n) is 4.05. The van der Waals surface area contributed by atoms with E-state index in [-0.39, 0.29) is 4.90 Å². The largest absolute Gasteiger partial charge is 0.264 e. The number of anilines is 1. The van der Waals surface area contributed by atoms with Gasteiger partial charge in [0.1, 0.15) is 10.7 Å². The Hall–Kier alpha value is -2.18. The molecule has 7 heteroatoms. The van der Waals surface area contributed by atoms with Crippen LogP contribution in [0.15, 0.2) is 53.8 Å². The lowest BCUT2D eigenvalue weighted by molar-refractivity contribution is 0.600. The van der Waals surface area contributed by atoms with Crippen LogP contribution in [0.2, 0.25) is 5.02 Å². The van der Waals surface area contributed by atoms with Gasteiger partial charge in [-0.25, -0.2) is 13.4 Å². The quantitative estimate of drug-likeness (QED) is 0.765. The predicted octanol–water partition coefficient (Wildman–Crippen LogP) is 3.96. The molecule has 1 saturated carbocycles. The third kappa shape index (κ3) is 2.83. The highest BCUT2D eigenvalue weighted by atomic mass is 35.5. The maximum Gasteiger partial charge on any atom is 0.264 e. The van der Waals surface area contributed by atoms with Gasteiger partial charge in [0.15, 0.2) is 0 Å². The van der Waals surface area contributed by atoms with E-state index in [0.717, 1.165) is 29.2 Å². The predicted molar refractivity (Wildman–Crippen MR) is 93.8 cm³/mol. The maximum atomic E-state index is 12.6. The Balaban J connectivity index is 1.84. The Bertz CT molecular complexity index is 1020. The van der Waals surface area contributed by atoms with Crippen LogP contribution in [0.4, 0.5) is 5.82 Å². The number of nitrogens with zero attached hydrogens (tertiary/aromatic N) is 2. The topological polar surface area (TPSA) is 72.0 Å². The number of rotatable bonds is 4. The van der Waals surface area contributed by atoms with Crippen molar-refractivity contribution in [2.24, 2.45) is 0 Å². The van der Waals surface area contributed by atoms with Crippen LogP contribution in [0.3, 0.4) is 0 Å². The summed E-state index contributed by atoms with van der Waals surface area (Å²) in [7, 11) is -3.73. The van der Waals surface area contributed by atoms with Gasteiger partial charge >= 0.3 is 0 Å². The van der Waals surface area contributed by atoms with Gasteiger partial charge in [-0.3, -0.25) is 9.71 Å². The van der Waals surface area contributed by atoms with E-state index >= 15 is 0 Å². The van der Waals surface area contributed by atoms with Crippen molar-refractivity contribution in [1.82, 2.24) is 9.97 Å². The number of hydrogen-bond donors (Lipinski definition) is 1. The van der Waals surface area contributed by atoms with E-state index in [9.17, 15) is 8.42 Å². The standard InChI is InChI=1S/C17H14ClN3O2S/c18-13-6-5-12-9-20-17(16(11-3-4-11)15(12)8-13)21-24(22,23)14-2-1-7-19-10-14/h1-2,5-11H,3-4H2,(H,20,21). The van der Waals surface area contributed by atoms with Crippen molar-refractivity contribution in [2.75, 3.05) is 4.72 Å². The molecule has 1 aliphatic rings. The van der Waals surface area contributed by atoms with Crippen molar-refractivity contribution in [3.63, 3.8) is 0 Å². The van der Waals surface area contributed by atoms with Gasteiger partial charge < -0.3 is 0 Å². The van der Waals surface area contributed by atoms with Crippen molar-refractivity contribution in [3.05, 3.63) is 59.5 Å². The average molecular weight is 360 g/mol. The summed E-state index contributed by atoms with van der Waals surface area (Å²) >= 11 is 6.13. The summed E-state index contributed by atoms with van der Waals surface area (Å²) in [4.78, 5) is 8.33. The van der Waals surface area contributed by atoms with Crippen molar-refractivity contribution in [1.29, 1.82) is 0 Å². The second-order valence-electron chi connectivity index (χ2n) is 5.82. The molecule has 3 aromatic rings. The number of aromatic nitrogens is 2. The molecule has 1 N–H and O–H groups in total. The molecular weight excluding hydrogens is 346 g/mol. The Labute approximate surface area is 144 Å². The van der Waals surface area contributed by atoms with Gasteiger partial charge in [-0.15, -0.1) is 0 Å². The van der Waals surface area contributed by atoms with Crippen molar-refractivity contribution >= 4 is 38.2 Å². The van der Waals surface area contributed by atoms with E-state index < -0.39 is 10.0 Å². The van der Waals surface area contributed by atoms with E-state index in [0.29, 0.717) is 16.8 Å². The summed E-state index contributed by atoms with van der Waals surface area (Å²) in [5.74, 6) is 0.683. The number of sulfonamides is 1. The fourth-order valence-corrected chi connectivity index (χ4v) is 3.93. The van der Waals surface area contributed by atoms with Crippen LogP contribution in [-0.2, 0) is 10.0 Å². The lowest BCUT2D eigenvalue weighted by Crippen LogP contribution is -2.15. The summed E-state index contributed by atoms with van der Waals surface area (Å²) in [5.41, 5.74) is 0.919. The minimum Gasteiger partial charge on any atom is -0.263 e. The van der Waals surface area contributed by atoms with Crippen LogP contribution in [0.25, 0.3) is 10.8 Å². The fourth-order valence-electron chi connectivity index (χ4n) is 2.76. The number of nitrogens with one attached hydrogen (secondary N) is 1. The van der Waals surface area contributed by atoms with E-state index in [1.807, 2.05) is 18.2 Å².